The fourth-order valence-corrected chi connectivity index (χ4v) is 5.61. The van der Waals surface area contributed by atoms with E-state index in [1.165, 1.54) is 10.7 Å². The summed E-state index contributed by atoms with van der Waals surface area (Å²) < 4.78 is 27.4. The average molecular weight is 365 g/mol. The third kappa shape index (κ3) is 3.90. The zero-order chi connectivity index (χ0) is 18.0. The molecular weight excluding hydrogens is 336 g/mol. The van der Waals surface area contributed by atoms with Crippen molar-refractivity contribution < 1.29 is 13.2 Å². The molecule has 1 aliphatic carbocycles. The zero-order valence-corrected chi connectivity index (χ0v) is 16.0. The van der Waals surface area contributed by atoms with Crippen molar-refractivity contribution in [3.63, 3.8) is 0 Å². The molecule has 1 saturated heterocycles. The van der Waals surface area contributed by atoms with Crippen LogP contribution < -0.4 is 0 Å². The summed E-state index contributed by atoms with van der Waals surface area (Å²) in [6.45, 7) is 5.50. The first-order chi connectivity index (χ1) is 11.9. The fourth-order valence-electron chi connectivity index (χ4n) is 3.88. The molecule has 25 heavy (non-hydrogen) atoms. The molecular formula is C19H28N2O3S. The van der Waals surface area contributed by atoms with Crippen LogP contribution in [0.25, 0.3) is 0 Å². The quantitative estimate of drug-likeness (QED) is 0.829. The van der Waals surface area contributed by atoms with Crippen molar-refractivity contribution in [2.45, 2.75) is 50.8 Å². The maximum absolute atomic E-state index is 13.0. The predicted octanol–water partition coefficient (Wildman–Crippen LogP) is 2.72. The fraction of sp³-hybridized carbons (Fsp3) is 0.632. The molecule has 0 aromatic heterocycles. The smallest absolute Gasteiger partial charge is 0.243 e. The normalized spacial score (nSPS) is 20.6. The Balaban J connectivity index is 1.67. The van der Waals surface area contributed by atoms with Gasteiger partial charge in [0.15, 0.2) is 0 Å². The molecule has 2 fully saturated rings. The SMILES string of the molecule is Cc1ccc(C)c(S(=O)(=O)N2CCN(C(=O)C3CCCCC3)CC2)c1. The van der Waals surface area contributed by atoms with Gasteiger partial charge in [0, 0.05) is 32.1 Å². The van der Waals surface area contributed by atoms with Crippen LogP contribution in [0.3, 0.4) is 0 Å². The van der Waals surface area contributed by atoms with Gasteiger partial charge in [-0.1, -0.05) is 31.4 Å². The van der Waals surface area contributed by atoms with E-state index in [0.717, 1.165) is 36.8 Å². The molecule has 0 atom stereocenters. The Morgan fingerprint density at radius 1 is 1.00 bits per heavy atom. The number of aryl methyl sites for hydroxylation is 2. The topological polar surface area (TPSA) is 57.7 Å². The number of carbonyl (C=O) groups excluding carboxylic acids is 1. The third-order valence-electron chi connectivity index (χ3n) is 5.47. The van der Waals surface area contributed by atoms with E-state index in [1.807, 2.05) is 30.9 Å². The molecule has 0 unspecified atom stereocenters. The van der Waals surface area contributed by atoms with Crippen LogP contribution in [0.5, 0.6) is 0 Å². The van der Waals surface area contributed by atoms with Crippen LogP contribution in [-0.2, 0) is 14.8 Å². The molecule has 6 heteroatoms. The van der Waals surface area contributed by atoms with Crippen molar-refractivity contribution in [1.29, 1.82) is 0 Å². The highest BCUT2D eigenvalue weighted by molar-refractivity contribution is 7.89. The van der Waals surface area contributed by atoms with E-state index in [-0.39, 0.29) is 11.8 Å². The van der Waals surface area contributed by atoms with Gasteiger partial charge in [-0.25, -0.2) is 8.42 Å². The minimum atomic E-state index is -3.49. The van der Waals surface area contributed by atoms with E-state index in [1.54, 1.807) is 6.07 Å². The summed E-state index contributed by atoms with van der Waals surface area (Å²) in [6, 6.07) is 5.52. The lowest BCUT2D eigenvalue weighted by molar-refractivity contribution is -0.137. The van der Waals surface area contributed by atoms with Crippen molar-refractivity contribution in [3.8, 4) is 0 Å². The zero-order valence-electron chi connectivity index (χ0n) is 15.2. The summed E-state index contributed by atoms with van der Waals surface area (Å²) in [4.78, 5) is 14.9. The Labute approximate surface area is 151 Å². The largest absolute Gasteiger partial charge is 0.340 e. The molecule has 0 spiro atoms. The molecule has 5 nitrogen and oxygen atoms in total. The van der Waals surface area contributed by atoms with E-state index in [2.05, 4.69) is 0 Å². The van der Waals surface area contributed by atoms with E-state index in [4.69, 9.17) is 0 Å². The van der Waals surface area contributed by atoms with Crippen LogP contribution >= 0.6 is 0 Å². The predicted molar refractivity (Wildman–Crippen MR) is 97.8 cm³/mol. The summed E-state index contributed by atoms with van der Waals surface area (Å²) in [7, 11) is -3.49. The summed E-state index contributed by atoms with van der Waals surface area (Å²) in [6.07, 6.45) is 5.47. The lowest BCUT2D eigenvalue weighted by Crippen LogP contribution is -2.52. The number of amides is 1. The first-order valence-corrected chi connectivity index (χ1v) is 10.7. The summed E-state index contributed by atoms with van der Waals surface area (Å²) in [5, 5.41) is 0. The Kier molecular flexibility index (Phi) is 5.49. The van der Waals surface area contributed by atoms with Crippen LogP contribution in [0.1, 0.15) is 43.2 Å². The number of carbonyl (C=O) groups is 1. The van der Waals surface area contributed by atoms with Gasteiger partial charge in [-0.05, 0) is 43.9 Å². The summed E-state index contributed by atoms with van der Waals surface area (Å²) in [5.41, 5.74) is 1.71. The van der Waals surface area contributed by atoms with Gasteiger partial charge in [-0.15, -0.1) is 0 Å². The van der Waals surface area contributed by atoms with Crippen LogP contribution in [0.4, 0.5) is 0 Å². The van der Waals surface area contributed by atoms with Crippen molar-refractivity contribution in [1.82, 2.24) is 9.21 Å². The number of hydrogen-bond donors (Lipinski definition) is 0. The lowest BCUT2D eigenvalue weighted by Gasteiger charge is -2.36. The highest BCUT2D eigenvalue weighted by Gasteiger charge is 2.33. The highest BCUT2D eigenvalue weighted by Crippen LogP contribution is 2.27. The Morgan fingerprint density at radius 3 is 2.28 bits per heavy atom. The van der Waals surface area contributed by atoms with Crippen LogP contribution in [0.15, 0.2) is 23.1 Å². The van der Waals surface area contributed by atoms with Crippen LogP contribution in [-0.4, -0.2) is 49.7 Å². The Morgan fingerprint density at radius 2 is 1.64 bits per heavy atom. The first kappa shape index (κ1) is 18.4. The maximum Gasteiger partial charge on any atom is 0.243 e. The minimum absolute atomic E-state index is 0.149. The number of hydrogen-bond acceptors (Lipinski definition) is 3. The van der Waals surface area contributed by atoms with Gasteiger partial charge >= 0.3 is 0 Å². The second-order valence-corrected chi connectivity index (χ2v) is 9.24. The van der Waals surface area contributed by atoms with Gasteiger partial charge in [-0.3, -0.25) is 4.79 Å². The average Bonchev–Trinajstić information content (AvgIpc) is 2.64. The summed E-state index contributed by atoms with van der Waals surface area (Å²) >= 11 is 0. The highest BCUT2D eigenvalue weighted by atomic mass is 32.2. The molecule has 0 bridgehead atoms. The van der Waals surface area contributed by atoms with Gasteiger partial charge in [0.05, 0.1) is 4.90 Å². The third-order valence-corrected chi connectivity index (χ3v) is 7.51. The Bertz CT molecular complexity index is 731. The van der Waals surface area contributed by atoms with Gasteiger partial charge < -0.3 is 4.90 Å². The number of benzene rings is 1. The maximum atomic E-state index is 13.0. The van der Waals surface area contributed by atoms with Crippen molar-refractivity contribution in [3.05, 3.63) is 29.3 Å². The van der Waals surface area contributed by atoms with Crippen molar-refractivity contribution in [2.75, 3.05) is 26.2 Å². The molecule has 1 amide bonds. The van der Waals surface area contributed by atoms with Crippen LogP contribution in [0.2, 0.25) is 0 Å². The molecule has 2 aliphatic rings. The van der Waals surface area contributed by atoms with Crippen molar-refractivity contribution in [2.24, 2.45) is 5.92 Å². The molecule has 1 saturated carbocycles. The molecule has 138 valence electrons. The summed E-state index contributed by atoms with van der Waals surface area (Å²) in [5.74, 6) is 0.374. The second-order valence-electron chi connectivity index (χ2n) is 7.33. The molecule has 0 N–H and O–H groups in total. The number of nitrogens with zero attached hydrogens (tertiary/aromatic N) is 2. The number of sulfonamides is 1. The second kappa shape index (κ2) is 7.46. The van der Waals surface area contributed by atoms with E-state index in [0.29, 0.717) is 31.1 Å². The number of rotatable bonds is 3. The molecule has 1 heterocycles. The molecule has 0 radical (unpaired) electrons. The van der Waals surface area contributed by atoms with Gasteiger partial charge in [-0.2, -0.15) is 4.31 Å². The lowest BCUT2D eigenvalue weighted by atomic mass is 9.88. The van der Waals surface area contributed by atoms with E-state index in [9.17, 15) is 13.2 Å². The van der Waals surface area contributed by atoms with Crippen molar-refractivity contribution >= 4 is 15.9 Å². The first-order valence-electron chi connectivity index (χ1n) is 9.26. The molecule has 3 rings (SSSR count). The van der Waals surface area contributed by atoms with Gasteiger partial charge in [0.25, 0.3) is 0 Å². The monoisotopic (exact) mass is 364 g/mol. The van der Waals surface area contributed by atoms with E-state index >= 15 is 0 Å². The van der Waals surface area contributed by atoms with Gasteiger partial charge in [0.2, 0.25) is 15.9 Å². The van der Waals surface area contributed by atoms with Gasteiger partial charge in [0.1, 0.15) is 0 Å². The molecule has 1 aliphatic heterocycles. The van der Waals surface area contributed by atoms with E-state index < -0.39 is 10.0 Å². The minimum Gasteiger partial charge on any atom is -0.340 e. The number of piperazine rings is 1. The molecule has 1 aromatic carbocycles. The molecule has 1 aromatic rings. The van der Waals surface area contributed by atoms with Crippen LogP contribution in [0, 0.1) is 19.8 Å². The Hall–Kier alpha value is -1.40. The standard InChI is InChI=1S/C19H28N2O3S/c1-15-8-9-16(2)18(14-15)25(23,24)21-12-10-20(11-13-21)19(22)17-6-4-3-5-7-17/h8-9,14,17H,3-7,10-13H2,1-2H3.